The minimum atomic E-state index is 0.880. The van der Waals surface area contributed by atoms with Crippen molar-refractivity contribution in [2.45, 2.75) is 0 Å². The highest BCUT2D eigenvalue weighted by molar-refractivity contribution is 6.14. The Kier molecular flexibility index (Phi) is 6.95. The second-order valence-corrected chi connectivity index (χ2v) is 15.6. The van der Waals surface area contributed by atoms with Gasteiger partial charge in [-0.25, -0.2) is 4.98 Å². The molecule has 0 spiro atoms. The first-order chi connectivity index (χ1) is 29.8. The SMILES string of the molecule is c1ccc(-n2c(-c3ccc4c(c3)c3ccccc3n4-c3ccccc3)nc3c(-n4c5ccccc5c5ccccc54)ccc(-n4c5ccccc5c5ccccc54)c32)cc1. The van der Waals surface area contributed by atoms with Gasteiger partial charge in [0, 0.05) is 49.3 Å². The van der Waals surface area contributed by atoms with Gasteiger partial charge in [-0.2, -0.15) is 0 Å². The highest BCUT2D eigenvalue weighted by atomic mass is 15.1. The number of aromatic nitrogens is 5. The number of benzene rings is 9. The third-order valence-electron chi connectivity index (χ3n) is 12.4. The highest BCUT2D eigenvalue weighted by Gasteiger charge is 2.26. The predicted molar refractivity (Wildman–Crippen MR) is 250 cm³/mol. The van der Waals surface area contributed by atoms with Gasteiger partial charge in [-0.3, -0.25) is 4.57 Å². The molecule has 9 aromatic carbocycles. The summed E-state index contributed by atoms with van der Waals surface area (Å²) in [6.07, 6.45) is 0. The largest absolute Gasteiger partial charge is 0.309 e. The molecule has 0 amide bonds. The first-order valence-electron chi connectivity index (χ1n) is 20.5. The van der Waals surface area contributed by atoms with E-state index in [1.54, 1.807) is 0 Å². The lowest BCUT2D eigenvalue weighted by atomic mass is 10.1. The molecule has 0 saturated heterocycles. The van der Waals surface area contributed by atoms with E-state index >= 15 is 0 Å². The molecular weight excluding hydrogens is 731 g/mol. The van der Waals surface area contributed by atoms with E-state index in [9.17, 15) is 0 Å². The fourth-order valence-electron chi connectivity index (χ4n) is 9.87. The summed E-state index contributed by atoms with van der Waals surface area (Å²) in [5, 5.41) is 7.27. The van der Waals surface area contributed by atoms with Gasteiger partial charge in [-0.1, -0.05) is 127 Å². The molecule has 5 nitrogen and oxygen atoms in total. The fraction of sp³-hybridized carbons (Fsp3) is 0. The van der Waals surface area contributed by atoms with Crippen molar-refractivity contribution in [2.24, 2.45) is 0 Å². The van der Waals surface area contributed by atoms with E-state index in [1.165, 1.54) is 37.8 Å². The smallest absolute Gasteiger partial charge is 0.145 e. The summed E-state index contributed by atoms with van der Waals surface area (Å²) in [5.41, 5.74) is 14.2. The average Bonchev–Trinajstić information content (AvgIpc) is 4.06. The Labute approximate surface area is 344 Å². The van der Waals surface area contributed by atoms with E-state index in [0.717, 1.165) is 72.8 Å². The standard InChI is InChI=1S/C55H35N5/c1-3-17-37(18-4-1)57-45-26-12-11-25-43(45)44-35-36(31-32-50(44)57)55-56-53-51(59-46-27-13-7-21-39(46)40-22-8-14-28-47(40)59)33-34-52(54(53)58(55)38-19-5-2-6-20-38)60-48-29-15-9-23-41(48)42-24-10-16-30-49(42)60/h1-35H. The summed E-state index contributed by atoms with van der Waals surface area (Å²) in [6, 6.07) is 76.5. The molecule has 0 atom stereocenters. The summed E-state index contributed by atoms with van der Waals surface area (Å²) in [4.78, 5) is 5.83. The maximum absolute atomic E-state index is 5.83. The highest BCUT2D eigenvalue weighted by Crippen LogP contribution is 2.43. The Balaban J connectivity index is 1.20. The van der Waals surface area contributed by atoms with Crippen LogP contribution in [0.15, 0.2) is 212 Å². The lowest BCUT2D eigenvalue weighted by molar-refractivity contribution is 1.08. The van der Waals surface area contributed by atoms with Gasteiger partial charge in [0.15, 0.2) is 0 Å². The van der Waals surface area contributed by atoms with Crippen LogP contribution in [0.5, 0.6) is 0 Å². The fourth-order valence-corrected chi connectivity index (χ4v) is 9.87. The maximum atomic E-state index is 5.83. The van der Waals surface area contributed by atoms with E-state index in [4.69, 9.17) is 4.98 Å². The maximum Gasteiger partial charge on any atom is 0.145 e. The molecule has 0 saturated carbocycles. The lowest BCUT2D eigenvalue weighted by Crippen LogP contribution is -2.03. The molecule has 5 heteroatoms. The third-order valence-corrected chi connectivity index (χ3v) is 12.4. The van der Waals surface area contributed by atoms with Crippen LogP contribution in [-0.4, -0.2) is 23.3 Å². The van der Waals surface area contributed by atoms with E-state index in [1.807, 2.05) is 0 Å². The van der Waals surface area contributed by atoms with Gasteiger partial charge in [0.1, 0.15) is 11.3 Å². The Morgan fingerprint density at radius 3 is 1.18 bits per heavy atom. The van der Waals surface area contributed by atoms with Gasteiger partial charge in [0.2, 0.25) is 0 Å². The van der Waals surface area contributed by atoms with Crippen molar-refractivity contribution in [1.82, 2.24) is 23.3 Å². The van der Waals surface area contributed by atoms with Crippen LogP contribution >= 0.6 is 0 Å². The quantitative estimate of drug-likeness (QED) is 0.172. The molecule has 0 fully saturated rings. The van der Waals surface area contributed by atoms with Crippen molar-refractivity contribution >= 4 is 76.5 Å². The van der Waals surface area contributed by atoms with Gasteiger partial charge in [0.05, 0.1) is 50.0 Å². The Hall–Kier alpha value is -8.15. The monoisotopic (exact) mass is 765 g/mol. The zero-order valence-corrected chi connectivity index (χ0v) is 32.4. The topological polar surface area (TPSA) is 32.6 Å². The minimum absolute atomic E-state index is 0.880. The van der Waals surface area contributed by atoms with Crippen molar-refractivity contribution in [3.8, 4) is 34.1 Å². The van der Waals surface area contributed by atoms with Crippen LogP contribution in [0.2, 0.25) is 0 Å². The van der Waals surface area contributed by atoms with Crippen LogP contribution in [0, 0.1) is 0 Å². The Bertz CT molecular complexity index is 3720. The van der Waals surface area contributed by atoms with Crippen LogP contribution < -0.4 is 0 Å². The van der Waals surface area contributed by atoms with E-state index in [0.29, 0.717) is 0 Å². The minimum Gasteiger partial charge on any atom is -0.309 e. The van der Waals surface area contributed by atoms with Crippen LogP contribution in [0.3, 0.4) is 0 Å². The first-order valence-corrected chi connectivity index (χ1v) is 20.5. The molecule has 4 aromatic heterocycles. The van der Waals surface area contributed by atoms with Crippen LogP contribution in [0.1, 0.15) is 0 Å². The van der Waals surface area contributed by atoms with Gasteiger partial charge in [-0.05, 0) is 84.9 Å². The normalized spacial score (nSPS) is 12.0. The first kappa shape index (κ1) is 32.9. The zero-order chi connectivity index (χ0) is 39.3. The van der Waals surface area contributed by atoms with Gasteiger partial charge in [0.25, 0.3) is 0 Å². The lowest BCUT2D eigenvalue weighted by Gasteiger charge is -2.17. The Morgan fingerprint density at radius 2 is 0.667 bits per heavy atom. The van der Waals surface area contributed by atoms with Crippen molar-refractivity contribution < 1.29 is 0 Å². The molecule has 0 aliphatic carbocycles. The average molecular weight is 766 g/mol. The number of fused-ring (bicyclic) bond motifs is 10. The van der Waals surface area contributed by atoms with Crippen molar-refractivity contribution in [3.05, 3.63) is 212 Å². The number of rotatable bonds is 5. The number of para-hydroxylation sites is 7. The molecule has 60 heavy (non-hydrogen) atoms. The van der Waals surface area contributed by atoms with Crippen LogP contribution in [0.25, 0.3) is 111 Å². The van der Waals surface area contributed by atoms with Gasteiger partial charge in [-0.15, -0.1) is 0 Å². The molecule has 0 bridgehead atoms. The van der Waals surface area contributed by atoms with E-state index in [-0.39, 0.29) is 0 Å². The van der Waals surface area contributed by atoms with Crippen molar-refractivity contribution in [3.63, 3.8) is 0 Å². The second kappa shape index (κ2) is 12.7. The Morgan fingerprint density at radius 1 is 0.283 bits per heavy atom. The number of hydrogen-bond donors (Lipinski definition) is 0. The van der Waals surface area contributed by atoms with Gasteiger partial charge >= 0.3 is 0 Å². The molecule has 0 aliphatic heterocycles. The number of imidazole rings is 1. The summed E-state index contributed by atoms with van der Waals surface area (Å²) < 4.78 is 9.61. The molecule has 0 aliphatic rings. The second-order valence-electron chi connectivity index (χ2n) is 15.6. The van der Waals surface area contributed by atoms with Gasteiger partial charge < -0.3 is 13.7 Å². The molecule has 0 unspecified atom stereocenters. The summed E-state index contributed by atoms with van der Waals surface area (Å²) >= 11 is 0. The number of hydrogen-bond acceptors (Lipinski definition) is 1. The summed E-state index contributed by atoms with van der Waals surface area (Å²) in [5.74, 6) is 0.880. The molecule has 0 radical (unpaired) electrons. The van der Waals surface area contributed by atoms with E-state index < -0.39 is 0 Å². The summed E-state index contributed by atoms with van der Waals surface area (Å²) in [7, 11) is 0. The van der Waals surface area contributed by atoms with Crippen molar-refractivity contribution in [2.75, 3.05) is 0 Å². The molecule has 4 heterocycles. The van der Waals surface area contributed by atoms with Crippen LogP contribution in [0.4, 0.5) is 0 Å². The predicted octanol–water partition coefficient (Wildman–Crippen LogP) is 14.0. The summed E-state index contributed by atoms with van der Waals surface area (Å²) in [6.45, 7) is 0. The molecule has 0 N–H and O–H groups in total. The van der Waals surface area contributed by atoms with Crippen molar-refractivity contribution in [1.29, 1.82) is 0 Å². The zero-order valence-electron chi connectivity index (χ0n) is 32.4. The molecular formula is C55H35N5. The third kappa shape index (κ3) is 4.60. The molecule has 13 aromatic rings. The van der Waals surface area contributed by atoms with Crippen LogP contribution in [-0.2, 0) is 0 Å². The molecule has 13 rings (SSSR count). The van der Waals surface area contributed by atoms with E-state index in [2.05, 4.69) is 231 Å². The number of nitrogens with zero attached hydrogens (tertiary/aromatic N) is 5. The molecule has 280 valence electrons.